The van der Waals surface area contributed by atoms with Gasteiger partial charge >= 0.3 is 5.97 Å². The van der Waals surface area contributed by atoms with Crippen LogP contribution in [0.25, 0.3) is 11.1 Å². The summed E-state index contributed by atoms with van der Waals surface area (Å²) in [6, 6.07) is 14.8. The monoisotopic (exact) mass is 590 g/mol. The minimum atomic E-state index is -3.59. The van der Waals surface area contributed by atoms with Gasteiger partial charge < -0.3 is 30.4 Å². The van der Waals surface area contributed by atoms with Gasteiger partial charge in [0.2, 0.25) is 0 Å². The molecular formula is C26H28N3O9S2-. The highest BCUT2D eigenvalue weighted by atomic mass is 32.2. The summed E-state index contributed by atoms with van der Waals surface area (Å²) in [4.78, 5) is 11.8. The Hall–Kier alpha value is -4.14. The number of rotatable bonds is 12. The fraction of sp³-hybridized carbons (Fsp3) is 0.231. The zero-order valence-corrected chi connectivity index (χ0v) is 23.2. The lowest BCUT2D eigenvalue weighted by atomic mass is 10.0. The number of phenolic OH excluding ortho intramolecular Hbond substituents is 1. The van der Waals surface area contributed by atoms with Crippen LogP contribution in [0.1, 0.15) is 24.5 Å². The van der Waals surface area contributed by atoms with Crippen LogP contribution in [0.15, 0.2) is 70.7 Å². The van der Waals surface area contributed by atoms with Gasteiger partial charge in [0.15, 0.2) is 21.8 Å². The lowest BCUT2D eigenvalue weighted by Crippen LogP contribution is -2.29. The molecule has 0 saturated heterocycles. The number of carbonyl (C=O) groups is 1. The predicted molar refractivity (Wildman–Crippen MR) is 148 cm³/mol. The molecule has 2 atom stereocenters. The molecule has 0 radical (unpaired) electrons. The molecule has 0 amide bonds. The van der Waals surface area contributed by atoms with Crippen LogP contribution in [0.2, 0.25) is 0 Å². The van der Waals surface area contributed by atoms with Crippen molar-refractivity contribution >= 4 is 38.6 Å². The second-order valence-electron chi connectivity index (χ2n) is 8.70. The van der Waals surface area contributed by atoms with E-state index in [0.29, 0.717) is 16.7 Å². The van der Waals surface area contributed by atoms with Gasteiger partial charge in [0.1, 0.15) is 11.5 Å². The number of ether oxygens (including phenoxy) is 1. The number of oxime groups is 1. The third-order valence-corrected chi connectivity index (χ3v) is 7.89. The topological polar surface area (TPSA) is 203 Å². The summed E-state index contributed by atoms with van der Waals surface area (Å²) in [6.07, 6.45) is 0.00692. The molecule has 5 N–H and O–H groups in total. The summed E-state index contributed by atoms with van der Waals surface area (Å²) in [5.74, 6) is -1.75. The van der Waals surface area contributed by atoms with Gasteiger partial charge in [-0.1, -0.05) is 42.4 Å². The number of aromatic hydroxyl groups is 1. The van der Waals surface area contributed by atoms with Crippen molar-refractivity contribution in [2.75, 3.05) is 17.1 Å². The van der Waals surface area contributed by atoms with Gasteiger partial charge in [-0.3, -0.25) is 8.51 Å². The Kier molecular flexibility index (Phi) is 9.74. The summed E-state index contributed by atoms with van der Waals surface area (Å²) in [7, 11) is -3.59. The van der Waals surface area contributed by atoms with Gasteiger partial charge in [0.05, 0.1) is 10.6 Å². The Bertz CT molecular complexity index is 1560. The zero-order valence-electron chi connectivity index (χ0n) is 21.6. The largest absolute Gasteiger partial charge is 0.755 e. The summed E-state index contributed by atoms with van der Waals surface area (Å²) < 4.78 is 55.6. The molecule has 0 saturated carbocycles. The summed E-state index contributed by atoms with van der Waals surface area (Å²) in [6.45, 7) is 1.42. The fourth-order valence-electron chi connectivity index (χ4n) is 3.97. The predicted octanol–water partition coefficient (Wildman–Crippen LogP) is 2.64. The Balaban J connectivity index is 2.05. The van der Waals surface area contributed by atoms with E-state index < -0.39 is 33.2 Å². The molecule has 2 unspecified atom stereocenters. The number of nitrogens with zero attached hydrogens (tertiary/aromatic N) is 2. The average Bonchev–Trinajstić information content (AvgIpc) is 2.91. The van der Waals surface area contributed by atoms with E-state index in [0.717, 1.165) is 10.6 Å². The van der Waals surface area contributed by atoms with Crippen molar-refractivity contribution in [1.29, 1.82) is 0 Å². The molecule has 0 aliphatic rings. The second kappa shape index (κ2) is 12.8. The summed E-state index contributed by atoms with van der Waals surface area (Å²) in [5, 5.41) is 31.7. The Labute approximate surface area is 233 Å². The van der Waals surface area contributed by atoms with Crippen molar-refractivity contribution in [3.8, 4) is 22.6 Å². The van der Waals surface area contributed by atoms with Gasteiger partial charge in [0.25, 0.3) is 0 Å². The van der Waals surface area contributed by atoms with Crippen LogP contribution < -0.4 is 14.8 Å². The minimum Gasteiger partial charge on any atom is -0.755 e. The van der Waals surface area contributed by atoms with Crippen molar-refractivity contribution in [3.05, 3.63) is 71.8 Å². The number of hydrogen-bond acceptors (Lipinski definition) is 9. The lowest BCUT2D eigenvalue weighted by molar-refractivity contribution is -0.145. The molecule has 12 nitrogen and oxygen atoms in total. The van der Waals surface area contributed by atoms with Crippen LogP contribution in [0.3, 0.4) is 0 Å². The Morgan fingerprint density at radius 2 is 1.88 bits per heavy atom. The maximum Gasteiger partial charge on any atom is 0.344 e. The van der Waals surface area contributed by atoms with Crippen molar-refractivity contribution in [3.63, 3.8) is 0 Å². The smallest absolute Gasteiger partial charge is 0.344 e. The van der Waals surface area contributed by atoms with Crippen LogP contribution in [0.5, 0.6) is 11.5 Å². The lowest BCUT2D eigenvalue weighted by Gasteiger charge is -2.28. The number of carboxylic acid groups (broad SMARTS) is 1. The molecule has 3 aromatic rings. The molecule has 0 spiro atoms. The molecule has 0 heterocycles. The van der Waals surface area contributed by atoms with Crippen molar-refractivity contribution < 1.29 is 42.1 Å². The van der Waals surface area contributed by atoms with E-state index in [1.165, 1.54) is 30.3 Å². The van der Waals surface area contributed by atoms with E-state index in [9.17, 15) is 32.2 Å². The number of aliphatic carboxylic acids is 1. The third kappa shape index (κ3) is 7.08. The van der Waals surface area contributed by atoms with E-state index in [2.05, 4.69) is 5.16 Å². The van der Waals surface area contributed by atoms with Gasteiger partial charge in [-0.2, -0.15) is 0 Å². The number of sulfone groups is 1. The molecule has 214 valence electrons. The quantitative estimate of drug-likeness (QED) is 0.0798. The molecule has 0 aliphatic heterocycles. The standard InChI is InChI=1S/C26H29N3O9S2/c1-3-22(26(31)32)38-23-15-17(19-6-4-5-7-24(19)40(2,36)37)9-8-16(23)12-13-29(39(34)35)20-14-18(25(27)28-33)10-11-21(20)30/h4-11,14-15,22,30,33H,3,12-13H2,1-2H3,(H2,27,28)(H,31,32)(H,34,35)/p-1. The maximum atomic E-state index is 12.4. The van der Waals surface area contributed by atoms with Crippen LogP contribution >= 0.6 is 0 Å². The first kappa shape index (κ1) is 30.4. The number of anilines is 1. The van der Waals surface area contributed by atoms with E-state index in [1.807, 2.05) is 0 Å². The number of phenols is 1. The normalized spacial score (nSPS) is 13.4. The maximum absolute atomic E-state index is 12.4. The number of carboxylic acids is 1. The molecule has 0 bridgehead atoms. The highest BCUT2D eigenvalue weighted by Crippen LogP contribution is 2.34. The fourth-order valence-corrected chi connectivity index (χ4v) is 5.42. The highest BCUT2D eigenvalue weighted by molar-refractivity contribution is 7.90. The van der Waals surface area contributed by atoms with E-state index >= 15 is 0 Å². The van der Waals surface area contributed by atoms with E-state index in [4.69, 9.17) is 15.7 Å². The van der Waals surface area contributed by atoms with Gasteiger partial charge in [-0.25, -0.2) is 13.2 Å². The zero-order chi connectivity index (χ0) is 29.6. The Morgan fingerprint density at radius 3 is 2.48 bits per heavy atom. The molecule has 14 heteroatoms. The van der Waals surface area contributed by atoms with Crippen LogP contribution in [0.4, 0.5) is 5.69 Å². The first-order valence-electron chi connectivity index (χ1n) is 11.9. The SMILES string of the molecule is CCC(Oc1cc(-c2ccccc2S(C)(=O)=O)ccc1CCN(c1cc(C(N)=NO)ccc1O)S(=O)[O-])C(=O)O. The summed E-state index contributed by atoms with van der Waals surface area (Å²) >= 11 is -2.86. The molecule has 3 aromatic carbocycles. The molecule has 0 aliphatic carbocycles. The molecular weight excluding hydrogens is 562 g/mol. The second-order valence-corrected chi connectivity index (χ2v) is 11.6. The molecule has 40 heavy (non-hydrogen) atoms. The number of nitrogens with two attached hydrogens (primary N) is 1. The van der Waals surface area contributed by atoms with Crippen LogP contribution in [0, 0.1) is 0 Å². The van der Waals surface area contributed by atoms with E-state index in [-0.39, 0.29) is 52.9 Å². The molecule has 3 rings (SSSR count). The van der Waals surface area contributed by atoms with Crippen molar-refractivity contribution in [2.24, 2.45) is 10.9 Å². The summed E-state index contributed by atoms with van der Waals surface area (Å²) in [5.41, 5.74) is 6.91. The van der Waals surface area contributed by atoms with Crippen molar-refractivity contribution in [1.82, 2.24) is 0 Å². The number of hydrogen-bond donors (Lipinski definition) is 4. The highest BCUT2D eigenvalue weighted by Gasteiger charge is 2.22. The molecule has 0 aromatic heterocycles. The van der Waals surface area contributed by atoms with Crippen LogP contribution in [-0.4, -0.2) is 63.3 Å². The van der Waals surface area contributed by atoms with E-state index in [1.54, 1.807) is 37.3 Å². The Morgan fingerprint density at radius 1 is 1.18 bits per heavy atom. The van der Waals surface area contributed by atoms with Gasteiger partial charge in [0, 0.05) is 35.2 Å². The van der Waals surface area contributed by atoms with Crippen molar-refractivity contribution in [2.45, 2.75) is 30.8 Å². The number of benzene rings is 3. The van der Waals surface area contributed by atoms with Crippen LogP contribution in [-0.2, 0) is 32.3 Å². The van der Waals surface area contributed by atoms with Gasteiger partial charge in [-0.15, -0.1) is 0 Å². The average molecular weight is 591 g/mol. The first-order chi connectivity index (χ1) is 18.9. The first-order valence-corrected chi connectivity index (χ1v) is 14.8. The molecule has 0 fully saturated rings. The minimum absolute atomic E-state index is 0.0145. The van der Waals surface area contributed by atoms with Gasteiger partial charge in [-0.05, 0) is 54.3 Å². The third-order valence-electron chi connectivity index (χ3n) is 5.99. The number of amidine groups is 1.